The maximum Gasteiger partial charge on any atom is 0.223 e. The fourth-order valence-corrected chi connectivity index (χ4v) is 4.47. The predicted molar refractivity (Wildman–Crippen MR) is 96.5 cm³/mol. The molecular weight excluding hydrogens is 316 g/mol. The molecule has 3 rings (SSSR count). The van der Waals surface area contributed by atoms with Crippen LogP contribution in [0, 0.1) is 5.92 Å². The van der Waals surface area contributed by atoms with E-state index >= 15 is 0 Å². The topological polar surface area (TPSA) is 69.0 Å². The standard InChI is InChI=1S/C19H32N4O2/c1-20-19(24)16-11-7-6-10-15(16)18-21-17(12-13-25-2)22-23(18)14-8-4-3-5-9-14/h14-16H,3-13H2,1-2H3,(H,20,24)/t15-,16+/m0/s1. The number of carbonyl (C=O) groups excluding carboxylic acids is 1. The first kappa shape index (κ1) is 18.4. The number of ether oxygens (including phenoxy) is 1. The van der Waals surface area contributed by atoms with Crippen LogP contribution in [-0.2, 0) is 16.0 Å². The minimum atomic E-state index is 0.0283. The van der Waals surface area contributed by atoms with Gasteiger partial charge in [0.25, 0.3) is 0 Å². The molecule has 2 aliphatic rings. The summed E-state index contributed by atoms with van der Waals surface area (Å²) in [5.41, 5.74) is 0. The fourth-order valence-electron chi connectivity index (χ4n) is 4.47. The number of nitrogens with one attached hydrogen (secondary N) is 1. The van der Waals surface area contributed by atoms with Gasteiger partial charge in [-0.3, -0.25) is 4.79 Å². The zero-order valence-corrected chi connectivity index (χ0v) is 15.7. The van der Waals surface area contributed by atoms with E-state index in [9.17, 15) is 4.79 Å². The fraction of sp³-hybridized carbons (Fsp3) is 0.842. The number of hydrogen-bond donors (Lipinski definition) is 1. The molecule has 0 bridgehead atoms. The highest BCUT2D eigenvalue weighted by molar-refractivity contribution is 5.79. The van der Waals surface area contributed by atoms with E-state index in [1.807, 2.05) is 0 Å². The maximum atomic E-state index is 12.4. The molecule has 6 heteroatoms. The van der Waals surface area contributed by atoms with Crippen molar-refractivity contribution in [3.63, 3.8) is 0 Å². The number of hydrogen-bond acceptors (Lipinski definition) is 4. The molecule has 0 saturated heterocycles. The molecule has 2 fully saturated rings. The summed E-state index contributed by atoms with van der Waals surface area (Å²) in [5, 5.41) is 7.72. The Kier molecular flexibility index (Phi) is 6.45. The third kappa shape index (κ3) is 4.22. The minimum Gasteiger partial charge on any atom is -0.384 e. The number of rotatable bonds is 6. The van der Waals surface area contributed by atoms with Gasteiger partial charge in [-0.2, -0.15) is 5.10 Å². The molecule has 1 aromatic heterocycles. The van der Waals surface area contributed by atoms with Gasteiger partial charge in [-0.1, -0.05) is 32.1 Å². The van der Waals surface area contributed by atoms with Gasteiger partial charge in [-0.15, -0.1) is 0 Å². The van der Waals surface area contributed by atoms with Crippen molar-refractivity contribution in [1.82, 2.24) is 20.1 Å². The number of amides is 1. The normalized spacial score (nSPS) is 25.0. The molecule has 2 saturated carbocycles. The van der Waals surface area contributed by atoms with Crippen LogP contribution in [0.25, 0.3) is 0 Å². The Balaban J connectivity index is 1.90. The lowest BCUT2D eigenvalue weighted by Gasteiger charge is -2.31. The lowest BCUT2D eigenvalue weighted by Crippen LogP contribution is -2.35. The molecular formula is C19H32N4O2. The number of nitrogens with zero attached hydrogens (tertiary/aromatic N) is 3. The van der Waals surface area contributed by atoms with Crippen LogP contribution in [0.3, 0.4) is 0 Å². The lowest BCUT2D eigenvalue weighted by molar-refractivity contribution is -0.126. The van der Waals surface area contributed by atoms with Gasteiger partial charge in [0.1, 0.15) is 5.82 Å². The molecule has 1 amide bonds. The van der Waals surface area contributed by atoms with Crippen LogP contribution in [-0.4, -0.2) is 41.4 Å². The highest BCUT2D eigenvalue weighted by atomic mass is 16.5. The third-order valence-electron chi connectivity index (χ3n) is 5.83. The summed E-state index contributed by atoms with van der Waals surface area (Å²) < 4.78 is 7.40. The van der Waals surface area contributed by atoms with Crippen LogP contribution in [0.4, 0.5) is 0 Å². The van der Waals surface area contributed by atoms with E-state index in [0.717, 1.165) is 37.3 Å². The summed E-state index contributed by atoms with van der Waals surface area (Å²) >= 11 is 0. The molecule has 0 unspecified atom stereocenters. The second kappa shape index (κ2) is 8.79. The smallest absolute Gasteiger partial charge is 0.223 e. The predicted octanol–water partition coefficient (Wildman–Crippen LogP) is 2.99. The van der Waals surface area contributed by atoms with Crippen molar-refractivity contribution in [3.8, 4) is 0 Å². The maximum absolute atomic E-state index is 12.4. The summed E-state index contributed by atoms with van der Waals surface area (Å²) in [6.07, 6.45) is 11.2. The highest BCUT2D eigenvalue weighted by Crippen LogP contribution is 2.39. The minimum absolute atomic E-state index is 0.0283. The van der Waals surface area contributed by atoms with Gasteiger partial charge < -0.3 is 10.1 Å². The quantitative estimate of drug-likeness (QED) is 0.858. The Morgan fingerprint density at radius 1 is 1.16 bits per heavy atom. The first-order valence-electron chi connectivity index (χ1n) is 9.90. The molecule has 6 nitrogen and oxygen atoms in total. The Morgan fingerprint density at radius 2 is 1.88 bits per heavy atom. The Morgan fingerprint density at radius 3 is 2.60 bits per heavy atom. The molecule has 2 atom stereocenters. The second-order valence-electron chi connectivity index (χ2n) is 7.48. The molecule has 1 heterocycles. The van der Waals surface area contributed by atoms with Gasteiger partial charge in [0.2, 0.25) is 5.91 Å². The molecule has 0 aromatic carbocycles. The van der Waals surface area contributed by atoms with Crippen LogP contribution < -0.4 is 5.32 Å². The highest BCUT2D eigenvalue weighted by Gasteiger charge is 2.36. The molecule has 1 aromatic rings. The van der Waals surface area contributed by atoms with Gasteiger partial charge in [0, 0.05) is 32.4 Å². The number of methoxy groups -OCH3 is 1. The van der Waals surface area contributed by atoms with Crippen LogP contribution in [0.15, 0.2) is 0 Å². The summed E-state index contributed by atoms with van der Waals surface area (Å²) in [6.45, 7) is 0.637. The molecule has 2 aliphatic carbocycles. The Hall–Kier alpha value is -1.43. The van der Waals surface area contributed by atoms with Gasteiger partial charge in [0.05, 0.1) is 12.6 Å². The van der Waals surface area contributed by atoms with E-state index in [4.69, 9.17) is 14.8 Å². The zero-order valence-electron chi connectivity index (χ0n) is 15.7. The first-order valence-corrected chi connectivity index (χ1v) is 9.90. The van der Waals surface area contributed by atoms with Gasteiger partial charge in [0.15, 0.2) is 5.82 Å². The van der Waals surface area contributed by atoms with Crippen LogP contribution >= 0.6 is 0 Å². The van der Waals surface area contributed by atoms with Crippen LogP contribution in [0.1, 0.15) is 81.4 Å². The summed E-state index contributed by atoms with van der Waals surface area (Å²) in [6, 6.07) is 0.444. The summed E-state index contributed by atoms with van der Waals surface area (Å²) in [7, 11) is 3.45. The molecule has 0 radical (unpaired) electrons. The van der Waals surface area contributed by atoms with E-state index in [0.29, 0.717) is 12.6 Å². The molecule has 0 spiro atoms. The van der Waals surface area contributed by atoms with E-state index in [1.165, 1.54) is 38.5 Å². The van der Waals surface area contributed by atoms with E-state index in [2.05, 4.69) is 10.00 Å². The Bertz CT molecular complexity index is 566. The van der Waals surface area contributed by atoms with Crippen molar-refractivity contribution in [2.24, 2.45) is 5.92 Å². The van der Waals surface area contributed by atoms with Crippen molar-refractivity contribution >= 4 is 5.91 Å². The number of aromatic nitrogens is 3. The average Bonchev–Trinajstić information content (AvgIpc) is 3.10. The molecule has 140 valence electrons. The van der Waals surface area contributed by atoms with Crippen LogP contribution in [0.5, 0.6) is 0 Å². The van der Waals surface area contributed by atoms with Gasteiger partial charge in [-0.25, -0.2) is 9.67 Å². The van der Waals surface area contributed by atoms with Gasteiger partial charge in [-0.05, 0) is 25.7 Å². The zero-order chi connectivity index (χ0) is 17.6. The van der Waals surface area contributed by atoms with Crippen LogP contribution in [0.2, 0.25) is 0 Å². The lowest BCUT2D eigenvalue weighted by atomic mass is 9.78. The average molecular weight is 348 g/mol. The second-order valence-corrected chi connectivity index (χ2v) is 7.48. The van der Waals surface area contributed by atoms with Gasteiger partial charge >= 0.3 is 0 Å². The summed E-state index contributed by atoms with van der Waals surface area (Å²) in [4.78, 5) is 17.3. The van der Waals surface area contributed by atoms with Crippen molar-refractivity contribution in [2.45, 2.75) is 76.2 Å². The molecule has 25 heavy (non-hydrogen) atoms. The third-order valence-corrected chi connectivity index (χ3v) is 5.83. The van der Waals surface area contributed by atoms with E-state index in [1.54, 1.807) is 14.2 Å². The first-order chi connectivity index (χ1) is 12.2. The Labute approximate surface area is 150 Å². The largest absolute Gasteiger partial charge is 0.384 e. The molecule has 1 N–H and O–H groups in total. The van der Waals surface area contributed by atoms with E-state index in [-0.39, 0.29) is 17.7 Å². The van der Waals surface area contributed by atoms with Crippen molar-refractivity contribution in [3.05, 3.63) is 11.6 Å². The monoisotopic (exact) mass is 348 g/mol. The SMILES string of the molecule is CNC(=O)[C@@H]1CCCC[C@@H]1c1nc(CCOC)nn1C1CCCCC1. The van der Waals surface area contributed by atoms with Crippen molar-refractivity contribution in [1.29, 1.82) is 0 Å². The van der Waals surface area contributed by atoms with E-state index < -0.39 is 0 Å². The van der Waals surface area contributed by atoms with Crippen molar-refractivity contribution in [2.75, 3.05) is 20.8 Å². The molecule has 0 aliphatic heterocycles. The summed E-state index contributed by atoms with van der Waals surface area (Å²) in [5.74, 6) is 2.29. The van der Waals surface area contributed by atoms with Crippen molar-refractivity contribution < 1.29 is 9.53 Å². The number of carbonyl (C=O) groups is 1.